The summed E-state index contributed by atoms with van der Waals surface area (Å²) < 4.78 is 0. The SMILES string of the molecule is O=C(c1cc(-c2ccccc2)n[nH]1)N1CCN(C2CCCCC2)CC1. The molecule has 0 atom stereocenters. The first-order valence-electron chi connectivity index (χ1n) is 9.45. The van der Waals surface area contributed by atoms with Gasteiger partial charge < -0.3 is 4.90 Å². The predicted molar refractivity (Wildman–Crippen MR) is 98.4 cm³/mol. The lowest BCUT2D eigenvalue weighted by molar-refractivity contribution is 0.0518. The molecule has 2 fully saturated rings. The van der Waals surface area contributed by atoms with Crippen molar-refractivity contribution in [3.63, 3.8) is 0 Å². The Morgan fingerprint density at radius 1 is 1.00 bits per heavy atom. The summed E-state index contributed by atoms with van der Waals surface area (Å²) in [7, 11) is 0. The van der Waals surface area contributed by atoms with Crippen molar-refractivity contribution in [1.29, 1.82) is 0 Å². The molecule has 4 rings (SSSR count). The maximum atomic E-state index is 12.8. The number of nitrogens with zero attached hydrogens (tertiary/aromatic N) is 3. The number of benzene rings is 1. The minimum atomic E-state index is 0.0676. The van der Waals surface area contributed by atoms with Gasteiger partial charge in [0.2, 0.25) is 0 Å². The van der Waals surface area contributed by atoms with Crippen LogP contribution in [0.5, 0.6) is 0 Å². The number of aromatic nitrogens is 2. The molecule has 1 amide bonds. The molecule has 1 aliphatic carbocycles. The van der Waals surface area contributed by atoms with E-state index in [0.29, 0.717) is 5.69 Å². The van der Waals surface area contributed by atoms with E-state index < -0.39 is 0 Å². The van der Waals surface area contributed by atoms with Gasteiger partial charge in [0.05, 0.1) is 5.69 Å². The second kappa shape index (κ2) is 7.40. The summed E-state index contributed by atoms with van der Waals surface area (Å²) in [6, 6.07) is 12.6. The van der Waals surface area contributed by atoms with Crippen LogP contribution in [0.3, 0.4) is 0 Å². The summed E-state index contributed by atoms with van der Waals surface area (Å²) in [5.74, 6) is 0.0676. The third-order valence-electron chi connectivity index (χ3n) is 5.57. The number of amides is 1. The standard InChI is InChI=1S/C20H26N4O/c25-20(19-15-18(21-22-19)16-7-3-1-4-8-16)24-13-11-23(12-14-24)17-9-5-2-6-10-17/h1,3-4,7-8,15,17H,2,5-6,9-14H2,(H,21,22). The molecule has 0 spiro atoms. The van der Waals surface area contributed by atoms with Crippen LogP contribution >= 0.6 is 0 Å². The molecule has 132 valence electrons. The zero-order valence-electron chi connectivity index (χ0n) is 14.7. The van der Waals surface area contributed by atoms with E-state index >= 15 is 0 Å². The van der Waals surface area contributed by atoms with E-state index in [1.165, 1.54) is 32.1 Å². The summed E-state index contributed by atoms with van der Waals surface area (Å²) in [6.45, 7) is 3.62. The number of aromatic amines is 1. The van der Waals surface area contributed by atoms with E-state index in [1.54, 1.807) is 0 Å². The van der Waals surface area contributed by atoms with Gasteiger partial charge in [-0.3, -0.25) is 14.8 Å². The zero-order chi connectivity index (χ0) is 17.1. The number of hydrogen-bond donors (Lipinski definition) is 1. The molecular weight excluding hydrogens is 312 g/mol. The molecule has 1 aromatic heterocycles. The average Bonchev–Trinajstić information content (AvgIpc) is 3.19. The molecule has 1 saturated carbocycles. The van der Waals surface area contributed by atoms with Crippen LogP contribution in [0, 0.1) is 0 Å². The zero-order valence-corrected chi connectivity index (χ0v) is 14.7. The van der Waals surface area contributed by atoms with Gasteiger partial charge >= 0.3 is 0 Å². The molecule has 0 bridgehead atoms. The molecule has 5 heteroatoms. The maximum Gasteiger partial charge on any atom is 0.271 e. The van der Waals surface area contributed by atoms with E-state index in [2.05, 4.69) is 15.1 Å². The number of piperazine rings is 1. The van der Waals surface area contributed by atoms with Gasteiger partial charge in [0.15, 0.2) is 0 Å². The van der Waals surface area contributed by atoms with Gasteiger partial charge in [-0.1, -0.05) is 49.6 Å². The lowest BCUT2D eigenvalue weighted by Gasteiger charge is -2.40. The fraction of sp³-hybridized carbons (Fsp3) is 0.500. The van der Waals surface area contributed by atoms with Crippen LogP contribution in [0.15, 0.2) is 36.4 Å². The third-order valence-corrected chi connectivity index (χ3v) is 5.57. The molecule has 0 radical (unpaired) electrons. The lowest BCUT2D eigenvalue weighted by atomic mass is 9.94. The smallest absolute Gasteiger partial charge is 0.271 e. The first kappa shape index (κ1) is 16.3. The van der Waals surface area contributed by atoms with Gasteiger partial charge in [-0.15, -0.1) is 0 Å². The Morgan fingerprint density at radius 2 is 1.72 bits per heavy atom. The second-order valence-electron chi connectivity index (χ2n) is 7.15. The first-order valence-corrected chi connectivity index (χ1v) is 9.45. The van der Waals surface area contributed by atoms with E-state index in [9.17, 15) is 4.79 Å². The molecule has 5 nitrogen and oxygen atoms in total. The van der Waals surface area contributed by atoms with Gasteiger partial charge in [-0.05, 0) is 18.9 Å². The van der Waals surface area contributed by atoms with E-state index in [4.69, 9.17) is 0 Å². The lowest BCUT2D eigenvalue weighted by Crippen LogP contribution is -2.52. The average molecular weight is 338 g/mol. The Kier molecular flexibility index (Phi) is 4.83. The molecule has 2 heterocycles. The fourth-order valence-electron chi connectivity index (χ4n) is 4.09. The van der Waals surface area contributed by atoms with Crippen LogP contribution in [0.1, 0.15) is 42.6 Å². The first-order chi connectivity index (χ1) is 12.3. The largest absolute Gasteiger partial charge is 0.335 e. The summed E-state index contributed by atoms with van der Waals surface area (Å²) in [6.07, 6.45) is 6.77. The van der Waals surface area contributed by atoms with Crippen molar-refractivity contribution in [3.05, 3.63) is 42.1 Å². The fourth-order valence-corrected chi connectivity index (χ4v) is 4.09. The van der Waals surface area contributed by atoms with Crippen LogP contribution < -0.4 is 0 Å². The Morgan fingerprint density at radius 3 is 2.44 bits per heavy atom. The Bertz CT molecular complexity index is 697. The van der Waals surface area contributed by atoms with Crippen molar-refractivity contribution >= 4 is 5.91 Å². The van der Waals surface area contributed by atoms with Gasteiger partial charge in [-0.2, -0.15) is 5.10 Å². The number of carbonyl (C=O) groups is 1. The highest BCUT2D eigenvalue weighted by Crippen LogP contribution is 2.24. The van der Waals surface area contributed by atoms with Gasteiger partial charge in [-0.25, -0.2) is 0 Å². The molecule has 1 N–H and O–H groups in total. The van der Waals surface area contributed by atoms with Crippen LogP contribution in [0.2, 0.25) is 0 Å². The van der Waals surface area contributed by atoms with Gasteiger partial charge in [0, 0.05) is 37.8 Å². The third kappa shape index (κ3) is 3.61. The van der Waals surface area contributed by atoms with Gasteiger partial charge in [0.25, 0.3) is 5.91 Å². The van der Waals surface area contributed by atoms with Crippen molar-refractivity contribution in [3.8, 4) is 11.3 Å². The number of hydrogen-bond acceptors (Lipinski definition) is 3. The highest BCUT2D eigenvalue weighted by atomic mass is 16.2. The molecule has 1 aliphatic heterocycles. The molecule has 2 aliphatic rings. The minimum Gasteiger partial charge on any atom is -0.335 e. The second-order valence-corrected chi connectivity index (χ2v) is 7.15. The van der Waals surface area contributed by atoms with Crippen molar-refractivity contribution < 1.29 is 4.79 Å². The highest BCUT2D eigenvalue weighted by Gasteiger charge is 2.28. The summed E-state index contributed by atoms with van der Waals surface area (Å²) in [5, 5.41) is 7.23. The monoisotopic (exact) mass is 338 g/mol. The van der Waals surface area contributed by atoms with Crippen LogP contribution in [-0.2, 0) is 0 Å². The van der Waals surface area contributed by atoms with Crippen molar-refractivity contribution in [2.75, 3.05) is 26.2 Å². The Hall–Kier alpha value is -2.14. The number of nitrogens with one attached hydrogen (secondary N) is 1. The summed E-state index contributed by atoms with van der Waals surface area (Å²) in [5.41, 5.74) is 2.44. The molecule has 25 heavy (non-hydrogen) atoms. The van der Waals surface area contributed by atoms with Crippen molar-refractivity contribution in [2.24, 2.45) is 0 Å². The predicted octanol–water partition coefficient (Wildman–Crippen LogP) is 3.17. The number of H-pyrrole nitrogens is 1. The Labute approximate surface area is 149 Å². The van der Waals surface area contributed by atoms with E-state index in [0.717, 1.165) is 43.5 Å². The van der Waals surface area contributed by atoms with Crippen molar-refractivity contribution in [1.82, 2.24) is 20.0 Å². The van der Waals surface area contributed by atoms with Crippen LogP contribution in [0.4, 0.5) is 0 Å². The molecule has 1 aromatic carbocycles. The normalized spacial score (nSPS) is 19.9. The van der Waals surface area contributed by atoms with E-state index in [1.807, 2.05) is 41.3 Å². The van der Waals surface area contributed by atoms with Gasteiger partial charge in [0.1, 0.15) is 5.69 Å². The number of rotatable bonds is 3. The van der Waals surface area contributed by atoms with Crippen LogP contribution in [-0.4, -0.2) is 58.1 Å². The topological polar surface area (TPSA) is 52.2 Å². The number of carbonyl (C=O) groups excluding carboxylic acids is 1. The summed E-state index contributed by atoms with van der Waals surface area (Å²) >= 11 is 0. The summed E-state index contributed by atoms with van der Waals surface area (Å²) in [4.78, 5) is 17.3. The van der Waals surface area contributed by atoms with Crippen molar-refractivity contribution in [2.45, 2.75) is 38.1 Å². The van der Waals surface area contributed by atoms with E-state index in [-0.39, 0.29) is 5.91 Å². The quantitative estimate of drug-likeness (QED) is 0.935. The molecule has 0 unspecified atom stereocenters. The molecular formula is C20H26N4O. The molecule has 2 aromatic rings. The molecule has 1 saturated heterocycles. The highest BCUT2D eigenvalue weighted by molar-refractivity contribution is 5.93. The maximum absolute atomic E-state index is 12.8. The minimum absolute atomic E-state index is 0.0676. The van der Waals surface area contributed by atoms with Crippen LogP contribution in [0.25, 0.3) is 11.3 Å². The Balaban J connectivity index is 1.37.